The average Bonchev–Trinajstić information content (AvgIpc) is 3.01. The molecule has 0 aliphatic carbocycles. The molecule has 0 bridgehead atoms. The Hall–Kier alpha value is -0.950. The van der Waals surface area contributed by atoms with E-state index in [0.717, 1.165) is 63.4 Å². The van der Waals surface area contributed by atoms with Crippen LogP contribution in [0.1, 0.15) is 50.5 Å². The molecule has 2 aliphatic heterocycles. The van der Waals surface area contributed by atoms with Gasteiger partial charge in [0.1, 0.15) is 5.82 Å². The van der Waals surface area contributed by atoms with Crippen LogP contribution in [-0.2, 0) is 13.0 Å². The zero-order valence-corrected chi connectivity index (χ0v) is 14.8. The van der Waals surface area contributed by atoms with E-state index in [1.807, 2.05) is 6.20 Å². The van der Waals surface area contributed by atoms with E-state index in [0.29, 0.717) is 6.54 Å². The fraction of sp³-hybridized carbons (Fsp3) is 0.833. The molecule has 2 atom stereocenters. The highest BCUT2D eigenvalue weighted by atomic mass is 16.3. The Labute approximate surface area is 144 Å². The SMILES string of the molecule is CCCCc1ncc(CN2CC[C@@H](N3CCC(O)CC3)[C@H](O)C2)[nH]1. The number of rotatable bonds is 6. The number of nitrogens with one attached hydrogen (secondary N) is 1. The molecule has 0 aromatic carbocycles. The van der Waals surface area contributed by atoms with Gasteiger partial charge in [0, 0.05) is 57.1 Å². The second kappa shape index (κ2) is 8.43. The zero-order chi connectivity index (χ0) is 16.9. The minimum atomic E-state index is -0.309. The first kappa shape index (κ1) is 17.9. The summed E-state index contributed by atoms with van der Waals surface area (Å²) in [4.78, 5) is 12.6. The van der Waals surface area contributed by atoms with Crippen molar-refractivity contribution in [2.75, 3.05) is 26.2 Å². The molecule has 0 radical (unpaired) electrons. The number of aromatic nitrogens is 2. The Kier molecular flexibility index (Phi) is 6.27. The van der Waals surface area contributed by atoms with Gasteiger partial charge in [0.25, 0.3) is 0 Å². The summed E-state index contributed by atoms with van der Waals surface area (Å²) >= 11 is 0. The van der Waals surface area contributed by atoms with Crippen LogP contribution in [0.2, 0.25) is 0 Å². The van der Waals surface area contributed by atoms with Crippen molar-refractivity contribution in [2.45, 2.75) is 70.2 Å². The average molecular weight is 336 g/mol. The summed E-state index contributed by atoms with van der Waals surface area (Å²) < 4.78 is 0. The summed E-state index contributed by atoms with van der Waals surface area (Å²) in [6.45, 7) is 6.56. The van der Waals surface area contributed by atoms with E-state index in [9.17, 15) is 10.2 Å². The third-order valence-corrected chi connectivity index (χ3v) is 5.44. The first-order valence-electron chi connectivity index (χ1n) is 9.51. The molecular formula is C18H32N4O2. The smallest absolute Gasteiger partial charge is 0.106 e. The minimum Gasteiger partial charge on any atom is -0.393 e. The minimum absolute atomic E-state index is 0.152. The molecule has 3 N–H and O–H groups in total. The number of aromatic amines is 1. The lowest BCUT2D eigenvalue weighted by molar-refractivity contribution is -0.0357. The van der Waals surface area contributed by atoms with Crippen molar-refractivity contribution in [1.82, 2.24) is 19.8 Å². The van der Waals surface area contributed by atoms with Gasteiger partial charge < -0.3 is 15.2 Å². The van der Waals surface area contributed by atoms with Gasteiger partial charge in [0.2, 0.25) is 0 Å². The number of aliphatic hydroxyl groups is 2. The predicted molar refractivity (Wildman–Crippen MR) is 93.7 cm³/mol. The number of H-pyrrole nitrogens is 1. The second-order valence-corrected chi connectivity index (χ2v) is 7.38. The number of hydrogen-bond donors (Lipinski definition) is 3. The van der Waals surface area contributed by atoms with Gasteiger partial charge in [-0.25, -0.2) is 4.98 Å². The van der Waals surface area contributed by atoms with Crippen molar-refractivity contribution in [1.29, 1.82) is 0 Å². The number of piperidine rings is 2. The van der Waals surface area contributed by atoms with Gasteiger partial charge in [-0.2, -0.15) is 0 Å². The number of β-amino-alcohol motifs (C(OH)–C–C–N with tert-alkyl or cyclic N) is 1. The molecule has 3 rings (SSSR count). The molecule has 2 saturated heterocycles. The van der Waals surface area contributed by atoms with E-state index in [4.69, 9.17) is 0 Å². The first-order valence-corrected chi connectivity index (χ1v) is 9.51. The van der Waals surface area contributed by atoms with Crippen LogP contribution in [-0.4, -0.2) is 74.4 Å². The van der Waals surface area contributed by atoms with Gasteiger partial charge in [-0.15, -0.1) is 0 Å². The van der Waals surface area contributed by atoms with Crippen LogP contribution in [0.15, 0.2) is 6.20 Å². The standard InChI is InChI=1S/C18H32N4O2/c1-2-3-4-18-19-11-14(20-18)12-21-8-7-16(17(24)13-21)22-9-5-15(23)6-10-22/h11,15-17,23-24H,2-10,12-13H2,1H3,(H,19,20)/t16-,17-/m1/s1. The molecule has 0 amide bonds. The van der Waals surface area contributed by atoms with Crippen molar-refractivity contribution >= 4 is 0 Å². The summed E-state index contributed by atoms with van der Waals surface area (Å²) in [7, 11) is 0. The monoisotopic (exact) mass is 336 g/mol. The predicted octanol–water partition coefficient (Wildman–Crippen LogP) is 1.14. The normalized spacial score (nSPS) is 27.6. The maximum absolute atomic E-state index is 10.6. The molecule has 6 nitrogen and oxygen atoms in total. The summed E-state index contributed by atoms with van der Waals surface area (Å²) in [6, 6.07) is 0.246. The lowest BCUT2D eigenvalue weighted by Crippen LogP contribution is -2.55. The van der Waals surface area contributed by atoms with Crippen LogP contribution >= 0.6 is 0 Å². The summed E-state index contributed by atoms with van der Waals surface area (Å²) in [5.41, 5.74) is 1.15. The van der Waals surface area contributed by atoms with Crippen LogP contribution < -0.4 is 0 Å². The highest BCUT2D eigenvalue weighted by Crippen LogP contribution is 2.22. The van der Waals surface area contributed by atoms with Gasteiger partial charge >= 0.3 is 0 Å². The molecule has 136 valence electrons. The van der Waals surface area contributed by atoms with Gasteiger partial charge in [0.05, 0.1) is 12.2 Å². The van der Waals surface area contributed by atoms with Gasteiger partial charge in [-0.05, 0) is 25.7 Å². The van der Waals surface area contributed by atoms with Crippen LogP contribution in [0, 0.1) is 0 Å². The van der Waals surface area contributed by atoms with E-state index in [2.05, 4.69) is 26.7 Å². The first-order chi connectivity index (χ1) is 11.7. The quantitative estimate of drug-likeness (QED) is 0.726. The van der Waals surface area contributed by atoms with E-state index < -0.39 is 0 Å². The van der Waals surface area contributed by atoms with Crippen molar-refractivity contribution in [3.8, 4) is 0 Å². The summed E-state index contributed by atoms with van der Waals surface area (Å²) in [5.74, 6) is 1.08. The van der Waals surface area contributed by atoms with Crippen LogP contribution in [0.5, 0.6) is 0 Å². The van der Waals surface area contributed by atoms with E-state index in [1.165, 1.54) is 12.8 Å². The Balaban J connectivity index is 1.47. The van der Waals surface area contributed by atoms with Crippen LogP contribution in [0.4, 0.5) is 0 Å². The zero-order valence-electron chi connectivity index (χ0n) is 14.8. The number of likely N-dealkylation sites (tertiary alicyclic amines) is 2. The summed E-state index contributed by atoms with van der Waals surface area (Å²) in [5, 5.41) is 20.2. The van der Waals surface area contributed by atoms with Crippen LogP contribution in [0.3, 0.4) is 0 Å². The van der Waals surface area contributed by atoms with Crippen LogP contribution in [0.25, 0.3) is 0 Å². The van der Waals surface area contributed by atoms with E-state index in [1.54, 1.807) is 0 Å². The number of aliphatic hydroxyl groups excluding tert-OH is 2. The molecule has 1 aromatic heterocycles. The lowest BCUT2D eigenvalue weighted by atomic mass is 9.96. The Bertz CT molecular complexity index is 499. The topological polar surface area (TPSA) is 75.6 Å². The fourth-order valence-corrected chi connectivity index (χ4v) is 3.97. The Morgan fingerprint density at radius 2 is 2.00 bits per heavy atom. The third kappa shape index (κ3) is 4.57. The largest absolute Gasteiger partial charge is 0.393 e. The maximum atomic E-state index is 10.6. The second-order valence-electron chi connectivity index (χ2n) is 7.38. The number of hydrogen-bond acceptors (Lipinski definition) is 5. The van der Waals surface area contributed by atoms with Crippen molar-refractivity contribution in [2.24, 2.45) is 0 Å². The lowest BCUT2D eigenvalue weighted by Gasteiger charge is -2.43. The Morgan fingerprint density at radius 1 is 1.21 bits per heavy atom. The molecule has 0 spiro atoms. The van der Waals surface area contributed by atoms with Crippen molar-refractivity contribution < 1.29 is 10.2 Å². The maximum Gasteiger partial charge on any atom is 0.106 e. The molecule has 1 aromatic rings. The third-order valence-electron chi connectivity index (χ3n) is 5.44. The van der Waals surface area contributed by atoms with Gasteiger partial charge in [-0.3, -0.25) is 9.80 Å². The van der Waals surface area contributed by atoms with Crippen molar-refractivity contribution in [3.63, 3.8) is 0 Å². The number of imidazole rings is 1. The number of unbranched alkanes of at least 4 members (excludes halogenated alkanes) is 1. The molecule has 0 unspecified atom stereocenters. The van der Waals surface area contributed by atoms with Gasteiger partial charge in [0.15, 0.2) is 0 Å². The molecule has 2 fully saturated rings. The number of aryl methyl sites for hydroxylation is 1. The molecular weight excluding hydrogens is 304 g/mol. The highest BCUT2D eigenvalue weighted by Gasteiger charge is 2.33. The summed E-state index contributed by atoms with van der Waals surface area (Å²) in [6.07, 6.45) is 7.51. The molecule has 3 heterocycles. The van der Waals surface area contributed by atoms with E-state index >= 15 is 0 Å². The fourth-order valence-electron chi connectivity index (χ4n) is 3.97. The number of nitrogens with zero attached hydrogens (tertiary/aromatic N) is 3. The molecule has 6 heteroatoms. The van der Waals surface area contributed by atoms with Gasteiger partial charge in [-0.1, -0.05) is 13.3 Å². The highest BCUT2D eigenvalue weighted by molar-refractivity contribution is 5.02. The molecule has 24 heavy (non-hydrogen) atoms. The van der Waals surface area contributed by atoms with E-state index in [-0.39, 0.29) is 18.2 Å². The molecule has 0 saturated carbocycles. The Morgan fingerprint density at radius 3 is 2.71 bits per heavy atom. The van der Waals surface area contributed by atoms with Crippen molar-refractivity contribution in [3.05, 3.63) is 17.7 Å². The molecule has 2 aliphatic rings.